The molecule has 2 aromatic heterocycles. The van der Waals surface area contributed by atoms with Crippen molar-refractivity contribution in [3.05, 3.63) is 53.4 Å². The Kier molecular flexibility index (Phi) is 2.89. The van der Waals surface area contributed by atoms with Gasteiger partial charge >= 0.3 is 0 Å². The number of hydrogen-bond acceptors (Lipinski definition) is 3. The van der Waals surface area contributed by atoms with Gasteiger partial charge in [-0.1, -0.05) is 23.7 Å². The molecular formula is C13H9ClN4O. The average Bonchev–Trinajstić information content (AvgIpc) is 2.86. The Labute approximate surface area is 113 Å². The molecule has 2 heterocycles. The maximum atomic E-state index is 12.1. The number of pyridine rings is 1. The number of fused-ring (bicyclic) bond motifs is 1. The number of amides is 1. The molecule has 0 aliphatic carbocycles. The zero-order valence-electron chi connectivity index (χ0n) is 9.72. The molecule has 2 N–H and O–H groups in total. The number of aromatic amines is 1. The van der Waals surface area contributed by atoms with Crippen molar-refractivity contribution in [3.8, 4) is 0 Å². The van der Waals surface area contributed by atoms with Crippen LogP contribution in [0.3, 0.4) is 0 Å². The smallest absolute Gasteiger partial charge is 0.257 e. The lowest BCUT2D eigenvalue weighted by Crippen LogP contribution is -2.12. The van der Waals surface area contributed by atoms with Gasteiger partial charge in [-0.15, -0.1) is 0 Å². The minimum absolute atomic E-state index is 0.272. The minimum atomic E-state index is -0.272. The van der Waals surface area contributed by atoms with Gasteiger partial charge in [0.1, 0.15) is 0 Å². The first-order chi connectivity index (χ1) is 9.24. The van der Waals surface area contributed by atoms with Crippen LogP contribution in [-0.4, -0.2) is 20.9 Å². The second kappa shape index (κ2) is 4.70. The Balaban J connectivity index is 1.88. The van der Waals surface area contributed by atoms with Gasteiger partial charge in [-0.2, -0.15) is 0 Å². The molecule has 3 aromatic rings. The molecule has 0 saturated carbocycles. The first kappa shape index (κ1) is 11.7. The number of H-pyrrole nitrogens is 1. The van der Waals surface area contributed by atoms with E-state index in [-0.39, 0.29) is 5.91 Å². The molecule has 5 nitrogen and oxygen atoms in total. The first-order valence-corrected chi connectivity index (χ1v) is 5.97. The Morgan fingerprint density at radius 3 is 2.95 bits per heavy atom. The standard InChI is InChI=1S/C13H9ClN4O/c14-10-4-2-1-3-9(10)13(19)18-8-5-11-12(15-6-8)17-7-16-11/h1-7H,(H,18,19)(H,15,16,17). The summed E-state index contributed by atoms with van der Waals surface area (Å²) in [5, 5.41) is 3.16. The number of nitrogens with one attached hydrogen (secondary N) is 2. The molecule has 0 fully saturated rings. The molecule has 0 saturated heterocycles. The molecule has 0 atom stereocenters. The third-order valence-electron chi connectivity index (χ3n) is 2.65. The molecular weight excluding hydrogens is 264 g/mol. The van der Waals surface area contributed by atoms with E-state index in [0.29, 0.717) is 21.9 Å². The van der Waals surface area contributed by atoms with E-state index in [0.717, 1.165) is 5.52 Å². The van der Waals surface area contributed by atoms with E-state index in [2.05, 4.69) is 20.3 Å². The number of aromatic nitrogens is 3. The van der Waals surface area contributed by atoms with Crippen LogP contribution < -0.4 is 5.32 Å². The fraction of sp³-hybridized carbons (Fsp3) is 0. The summed E-state index contributed by atoms with van der Waals surface area (Å²) in [7, 11) is 0. The number of benzene rings is 1. The van der Waals surface area contributed by atoms with E-state index in [9.17, 15) is 4.79 Å². The highest BCUT2D eigenvalue weighted by atomic mass is 35.5. The van der Waals surface area contributed by atoms with Gasteiger partial charge in [-0.25, -0.2) is 9.97 Å². The number of imidazole rings is 1. The van der Waals surface area contributed by atoms with Crippen molar-refractivity contribution >= 4 is 34.4 Å². The van der Waals surface area contributed by atoms with E-state index in [1.165, 1.54) is 0 Å². The highest BCUT2D eigenvalue weighted by Crippen LogP contribution is 2.18. The van der Waals surface area contributed by atoms with E-state index in [1.54, 1.807) is 42.9 Å². The van der Waals surface area contributed by atoms with E-state index in [4.69, 9.17) is 11.6 Å². The van der Waals surface area contributed by atoms with Crippen LogP contribution >= 0.6 is 11.6 Å². The van der Waals surface area contributed by atoms with E-state index in [1.807, 2.05) is 0 Å². The van der Waals surface area contributed by atoms with Crippen LogP contribution in [0.1, 0.15) is 10.4 Å². The number of hydrogen-bond donors (Lipinski definition) is 2. The molecule has 0 radical (unpaired) electrons. The van der Waals surface area contributed by atoms with Crippen molar-refractivity contribution in [2.75, 3.05) is 5.32 Å². The number of halogens is 1. The predicted octanol–water partition coefficient (Wildman–Crippen LogP) is 2.86. The summed E-state index contributed by atoms with van der Waals surface area (Å²) in [5.74, 6) is -0.272. The topological polar surface area (TPSA) is 70.7 Å². The van der Waals surface area contributed by atoms with Crippen molar-refractivity contribution in [1.82, 2.24) is 15.0 Å². The van der Waals surface area contributed by atoms with Crippen molar-refractivity contribution in [2.24, 2.45) is 0 Å². The van der Waals surface area contributed by atoms with Gasteiger partial charge in [0, 0.05) is 0 Å². The molecule has 3 rings (SSSR count). The van der Waals surface area contributed by atoms with E-state index >= 15 is 0 Å². The Morgan fingerprint density at radius 1 is 1.26 bits per heavy atom. The summed E-state index contributed by atoms with van der Waals surface area (Å²) in [6.45, 7) is 0. The van der Waals surface area contributed by atoms with Crippen molar-refractivity contribution in [3.63, 3.8) is 0 Å². The van der Waals surface area contributed by atoms with Crippen LogP contribution in [0.5, 0.6) is 0 Å². The fourth-order valence-electron chi connectivity index (χ4n) is 1.74. The molecule has 1 amide bonds. The van der Waals surface area contributed by atoms with Gasteiger partial charge in [0.15, 0.2) is 5.65 Å². The number of anilines is 1. The lowest BCUT2D eigenvalue weighted by molar-refractivity contribution is 0.102. The molecule has 0 spiro atoms. The molecule has 94 valence electrons. The van der Waals surface area contributed by atoms with Gasteiger partial charge in [-0.3, -0.25) is 4.79 Å². The second-order valence-corrected chi connectivity index (χ2v) is 4.34. The lowest BCUT2D eigenvalue weighted by Gasteiger charge is -2.06. The first-order valence-electron chi connectivity index (χ1n) is 5.59. The van der Waals surface area contributed by atoms with Crippen LogP contribution in [0, 0.1) is 0 Å². The molecule has 1 aromatic carbocycles. The predicted molar refractivity (Wildman–Crippen MR) is 73.3 cm³/mol. The van der Waals surface area contributed by atoms with Crippen LogP contribution in [-0.2, 0) is 0 Å². The van der Waals surface area contributed by atoms with Crippen LogP contribution in [0.2, 0.25) is 5.02 Å². The van der Waals surface area contributed by atoms with Crippen molar-refractivity contribution < 1.29 is 4.79 Å². The van der Waals surface area contributed by atoms with Crippen molar-refractivity contribution in [1.29, 1.82) is 0 Å². The van der Waals surface area contributed by atoms with Crippen LogP contribution in [0.4, 0.5) is 5.69 Å². The number of carbonyl (C=O) groups is 1. The molecule has 6 heteroatoms. The summed E-state index contributed by atoms with van der Waals surface area (Å²) >= 11 is 5.97. The normalized spacial score (nSPS) is 10.6. The van der Waals surface area contributed by atoms with Gasteiger partial charge in [0.05, 0.1) is 34.3 Å². The van der Waals surface area contributed by atoms with Crippen molar-refractivity contribution in [2.45, 2.75) is 0 Å². The molecule has 19 heavy (non-hydrogen) atoms. The highest BCUT2D eigenvalue weighted by Gasteiger charge is 2.10. The number of rotatable bonds is 2. The fourth-order valence-corrected chi connectivity index (χ4v) is 1.96. The zero-order valence-corrected chi connectivity index (χ0v) is 10.5. The Morgan fingerprint density at radius 2 is 2.11 bits per heavy atom. The summed E-state index contributed by atoms with van der Waals surface area (Å²) in [6, 6.07) is 8.64. The molecule has 0 aliphatic rings. The third kappa shape index (κ3) is 2.28. The Bertz CT molecular complexity index is 753. The lowest BCUT2D eigenvalue weighted by atomic mass is 10.2. The number of carbonyl (C=O) groups excluding carboxylic acids is 1. The monoisotopic (exact) mass is 272 g/mol. The zero-order chi connectivity index (χ0) is 13.2. The quantitative estimate of drug-likeness (QED) is 0.753. The second-order valence-electron chi connectivity index (χ2n) is 3.93. The highest BCUT2D eigenvalue weighted by molar-refractivity contribution is 6.34. The summed E-state index contributed by atoms with van der Waals surface area (Å²) in [5.41, 5.74) is 2.38. The molecule has 0 unspecified atom stereocenters. The maximum absolute atomic E-state index is 12.1. The SMILES string of the molecule is O=C(Nc1cnc2nc[nH]c2c1)c1ccccc1Cl. The summed E-state index contributed by atoms with van der Waals surface area (Å²) in [4.78, 5) is 23.1. The third-order valence-corrected chi connectivity index (χ3v) is 2.98. The molecule has 0 bridgehead atoms. The Hall–Kier alpha value is -2.40. The minimum Gasteiger partial charge on any atom is -0.343 e. The maximum Gasteiger partial charge on any atom is 0.257 e. The van der Waals surface area contributed by atoms with Gasteiger partial charge in [0.2, 0.25) is 0 Å². The largest absolute Gasteiger partial charge is 0.343 e. The number of nitrogens with zero attached hydrogens (tertiary/aromatic N) is 2. The van der Waals surface area contributed by atoms with E-state index < -0.39 is 0 Å². The summed E-state index contributed by atoms with van der Waals surface area (Å²) < 4.78 is 0. The van der Waals surface area contributed by atoms with Crippen LogP contribution in [0.25, 0.3) is 11.2 Å². The average molecular weight is 273 g/mol. The molecule has 0 aliphatic heterocycles. The van der Waals surface area contributed by atoms with Crippen LogP contribution in [0.15, 0.2) is 42.9 Å². The summed E-state index contributed by atoms with van der Waals surface area (Å²) in [6.07, 6.45) is 3.11. The van der Waals surface area contributed by atoms with Gasteiger partial charge in [0.25, 0.3) is 5.91 Å². The van der Waals surface area contributed by atoms with Gasteiger partial charge < -0.3 is 10.3 Å². The van der Waals surface area contributed by atoms with Gasteiger partial charge in [-0.05, 0) is 18.2 Å².